The van der Waals surface area contributed by atoms with Crippen molar-refractivity contribution >= 4 is 11.8 Å². The summed E-state index contributed by atoms with van der Waals surface area (Å²) in [7, 11) is 0. The molecular weight excluding hydrogens is 476 g/mol. The predicted molar refractivity (Wildman–Crippen MR) is 147 cm³/mol. The number of benzene rings is 3. The minimum absolute atomic E-state index is 0.0355. The summed E-state index contributed by atoms with van der Waals surface area (Å²) >= 11 is 0. The number of rotatable bonds is 10. The zero-order valence-corrected chi connectivity index (χ0v) is 22.0. The molecule has 0 unspecified atom stereocenters. The van der Waals surface area contributed by atoms with Gasteiger partial charge >= 0.3 is 0 Å². The summed E-state index contributed by atoms with van der Waals surface area (Å²) < 4.78 is 10.9. The molecule has 6 heteroatoms. The van der Waals surface area contributed by atoms with Crippen molar-refractivity contribution in [2.45, 2.75) is 70.5 Å². The average molecular weight is 513 g/mol. The summed E-state index contributed by atoms with van der Waals surface area (Å²) in [5.41, 5.74) is 4.20. The number of amides is 2. The van der Waals surface area contributed by atoms with Crippen molar-refractivity contribution in [3.8, 4) is 11.5 Å². The Bertz CT molecular complexity index is 1250. The molecule has 6 nitrogen and oxygen atoms in total. The zero-order chi connectivity index (χ0) is 26.3. The molecule has 0 bridgehead atoms. The van der Waals surface area contributed by atoms with Gasteiger partial charge in [0.15, 0.2) is 11.5 Å². The van der Waals surface area contributed by atoms with Crippen molar-refractivity contribution in [2.24, 2.45) is 0 Å². The minimum atomic E-state index is -0.595. The summed E-state index contributed by atoms with van der Waals surface area (Å²) in [6, 6.07) is 23.5. The number of ether oxygens (including phenoxy) is 2. The fourth-order valence-electron chi connectivity index (χ4n) is 5.42. The van der Waals surface area contributed by atoms with Gasteiger partial charge in [0.1, 0.15) is 6.04 Å². The fraction of sp³-hybridized carbons (Fsp3) is 0.375. The Morgan fingerprint density at radius 3 is 2.45 bits per heavy atom. The second kappa shape index (κ2) is 12.2. The molecule has 0 saturated heterocycles. The van der Waals surface area contributed by atoms with Crippen molar-refractivity contribution < 1.29 is 19.1 Å². The number of aryl methyl sites for hydroxylation is 2. The van der Waals surface area contributed by atoms with Crippen molar-refractivity contribution in [1.82, 2.24) is 10.2 Å². The standard InChI is InChI=1S/C32H36N2O4/c1-23-8-7-11-26(18-23)21-34(31(35)17-15-25-14-16-29-30(20-25)38-22-37-29)28(19-24-9-3-2-4-10-24)32(36)33-27-12-5-6-13-27/h2-4,7-11,14,16,18,20,27-28H,5-6,12-13,15,17,19,21-22H2,1H3,(H,33,36)/t28-/m1/s1. The summed E-state index contributed by atoms with van der Waals surface area (Å²) in [5.74, 6) is 1.34. The fourth-order valence-corrected chi connectivity index (χ4v) is 5.42. The van der Waals surface area contributed by atoms with Gasteiger partial charge in [0, 0.05) is 25.4 Å². The number of carbonyl (C=O) groups excluding carboxylic acids is 2. The lowest BCUT2D eigenvalue weighted by Gasteiger charge is -2.32. The minimum Gasteiger partial charge on any atom is -0.454 e. The van der Waals surface area contributed by atoms with Crippen molar-refractivity contribution in [2.75, 3.05) is 6.79 Å². The van der Waals surface area contributed by atoms with Crippen LogP contribution in [-0.4, -0.2) is 35.6 Å². The molecule has 1 aliphatic heterocycles. The molecule has 1 fully saturated rings. The highest BCUT2D eigenvalue weighted by atomic mass is 16.7. The van der Waals surface area contributed by atoms with Gasteiger partial charge in [0.2, 0.25) is 18.6 Å². The normalized spacial score (nSPS) is 15.3. The number of carbonyl (C=O) groups is 2. The van der Waals surface area contributed by atoms with Crippen LogP contribution >= 0.6 is 0 Å². The first-order valence-electron chi connectivity index (χ1n) is 13.6. The molecule has 1 saturated carbocycles. The Kier molecular flexibility index (Phi) is 8.27. The first kappa shape index (κ1) is 25.8. The third-order valence-corrected chi connectivity index (χ3v) is 7.47. The zero-order valence-electron chi connectivity index (χ0n) is 22.0. The maximum absolute atomic E-state index is 13.9. The van der Waals surface area contributed by atoms with E-state index in [-0.39, 0.29) is 24.6 Å². The Morgan fingerprint density at radius 1 is 0.895 bits per heavy atom. The van der Waals surface area contributed by atoms with Crippen LogP contribution in [0.1, 0.15) is 54.4 Å². The lowest BCUT2D eigenvalue weighted by molar-refractivity contribution is -0.141. The molecule has 2 amide bonds. The SMILES string of the molecule is Cc1cccc(CN(C(=O)CCc2ccc3c(c2)OCO3)[C@H](Cc2ccccc2)C(=O)NC2CCCC2)c1. The van der Waals surface area contributed by atoms with Crippen LogP contribution in [0, 0.1) is 6.92 Å². The first-order valence-corrected chi connectivity index (χ1v) is 13.6. The molecule has 1 aliphatic carbocycles. The van der Waals surface area contributed by atoms with E-state index < -0.39 is 6.04 Å². The third-order valence-electron chi connectivity index (χ3n) is 7.47. The van der Waals surface area contributed by atoms with Crippen molar-refractivity contribution in [3.05, 3.63) is 95.1 Å². The van der Waals surface area contributed by atoms with Crippen LogP contribution in [0.4, 0.5) is 0 Å². The van der Waals surface area contributed by atoms with Gasteiger partial charge in [0.05, 0.1) is 0 Å². The van der Waals surface area contributed by atoms with Gasteiger partial charge < -0.3 is 19.7 Å². The molecule has 1 N–H and O–H groups in total. The van der Waals surface area contributed by atoms with E-state index in [4.69, 9.17) is 9.47 Å². The summed E-state index contributed by atoms with van der Waals surface area (Å²) in [6.07, 6.45) is 5.60. The Labute approximate surface area is 225 Å². The smallest absolute Gasteiger partial charge is 0.243 e. The number of nitrogens with one attached hydrogen (secondary N) is 1. The molecule has 1 heterocycles. The number of nitrogens with zero attached hydrogens (tertiary/aromatic N) is 1. The molecule has 5 rings (SSSR count). The Hall–Kier alpha value is -3.80. The van der Waals surface area contributed by atoms with E-state index in [9.17, 15) is 9.59 Å². The average Bonchev–Trinajstić information content (AvgIpc) is 3.61. The maximum atomic E-state index is 13.9. The molecular formula is C32H36N2O4. The quantitative estimate of drug-likeness (QED) is 0.397. The monoisotopic (exact) mass is 512 g/mol. The van der Waals surface area contributed by atoms with Crippen molar-refractivity contribution in [3.63, 3.8) is 0 Å². The van der Waals surface area contributed by atoms with Gasteiger partial charge in [-0.15, -0.1) is 0 Å². The number of fused-ring (bicyclic) bond motifs is 1. The molecule has 38 heavy (non-hydrogen) atoms. The van der Waals surface area contributed by atoms with Gasteiger partial charge in [-0.05, 0) is 55.0 Å². The highest BCUT2D eigenvalue weighted by Gasteiger charge is 2.32. The van der Waals surface area contributed by atoms with E-state index >= 15 is 0 Å². The predicted octanol–water partition coefficient (Wildman–Crippen LogP) is 5.36. The van der Waals surface area contributed by atoms with E-state index in [1.165, 1.54) is 0 Å². The lowest BCUT2D eigenvalue weighted by Crippen LogP contribution is -2.52. The Balaban J connectivity index is 1.40. The molecule has 2 aliphatic rings. The van der Waals surface area contributed by atoms with Crippen LogP contribution in [0.15, 0.2) is 72.8 Å². The van der Waals surface area contributed by atoms with E-state index in [1.807, 2.05) is 73.7 Å². The van der Waals surface area contributed by atoms with Crippen LogP contribution in [0.25, 0.3) is 0 Å². The molecule has 3 aromatic carbocycles. The summed E-state index contributed by atoms with van der Waals surface area (Å²) in [6.45, 7) is 2.65. The second-order valence-corrected chi connectivity index (χ2v) is 10.4. The van der Waals surface area contributed by atoms with Gasteiger partial charge in [-0.3, -0.25) is 9.59 Å². The van der Waals surface area contributed by atoms with Crippen LogP contribution < -0.4 is 14.8 Å². The van der Waals surface area contributed by atoms with E-state index in [0.717, 1.165) is 53.7 Å². The highest BCUT2D eigenvalue weighted by Crippen LogP contribution is 2.33. The van der Waals surface area contributed by atoms with Gasteiger partial charge in [0.25, 0.3) is 0 Å². The molecule has 0 radical (unpaired) electrons. The van der Waals surface area contributed by atoms with Crippen LogP contribution in [-0.2, 0) is 29.0 Å². The summed E-state index contributed by atoms with van der Waals surface area (Å²) in [4.78, 5) is 29.5. The highest BCUT2D eigenvalue weighted by molar-refractivity contribution is 5.88. The molecule has 1 atom stereocenters. The molecule has 0 aromatic heterocycles. The first-order chi connectivity index (χ1) is 18.5. The van der Waals surface area contributed by atoms with E-state index in [0.29, 0.717) is 31.6 Å². The maximum Gasteiger partial charge on any atom is 0.243 e. The summed E-state index contributed by atoms with van der Waals surface area (Å²) in [5, 5.41) is 3.27. The largest absolute Gasteiger partial charge is 0.454 e. The molecule has 0 spiro atoms. The van der Waals surface area contributed by atoms with Crippen molar-refractivity contribution in [1.29, 1.82) is 0 Å². The number of hydrogen-bond donors (Lipinski definition) is 1. The van der Waals surface area contributed by atoms with Gasteiger partial charge in [-0.1, -0.05) is 79.1 Å². The number of hydrogen-bond acceptors (Lipinski definition) is 4. The Morgan fingerprint density at radius 2 is 1.66 bits per heavy atom. The van der Waals surface area contributed by atoms with Gasteiger partial charge in [-0.2, -0.15) is 0 Å². The van der Waals surface area contributed by atoms with Gasteiger partial charge in [-0.25, -0.2) is 0 Å². The van der Waals surface area contributed by atoms with Crippen LogP contribution in [0.5, 0.6) is 11.5 Å². The van der Waals surface area contributed by atoms with Crippen LogP contribution in [0.2, 0.25) is 0 Å². The second-order valence-electron chi connectivity index (χ2n) is 10.4. The lowest BCUT2D eigenvalue weighted by atomic mass is 10.0. The van der Waals surface area contributed by atoms with E-state index in [2.05, 4.69) is 11.4 Å². The molecule has 3 aromatic rings. The van der Waals surface area contributed by atoms with Crippen LogP contribution in [0.3, 0.4) is 0 Å². The van der Waals surface area contributed by atoms with E-state index in [1.54, 1.807) is 4.90 Å². The topological polar surface area (TPSA) is 67.9 Å². The molecule has 198 valence electrons. The third kappa shape index (κ3) is 6.55.